The van der Waals surface area contributed by atoms with Crippen molar-refractivity contribution in [2.24, 2.45) is 5.92 Å². The van der Waals surface area contributed by atoms with Gasteiger partial charge < -0.3 is 19.8 Å². The van der Waals surface area contributed by atoms with Crippen LogP contribution >= 0.6 is 15.6 Å². The molecule has 0 bridgehead atoms. The van der Waals surface area contributed by atoms with E-state index in [1.165, 1.54) is 6.92 Å². The van der Waals surface area contributed by atoms with Gasteiger partial charge in [-0.25, -0.2) is 0 Å². The third-order valence-electron chi connectivity index (χ3n) is 2.06. The molecule has 0 aromatic heterocycles. The molecule has 0 heterocycles. The van der Waals surface area contributed by atoms with Gasteiger partial charge in [-0.1, -0.05) is 13.8 Å². The Morgan fingerprint density at radius 1 is 1.54 bits per heavy atom. The number of hydrogen-bond donors (Lipinski definition) is 4. The highest BCUT2D eigenvalue weighted by molar-refractivity contribution is 7.66. The second-order valence-electron chi connectivity index (χ2n) is 2.88. The molecule has 80 valence electrons. The first kappa shape index (κ1) is 13.3. The lowest BCUT2D eigenvalue weighted by atomic mass is 10.1. The van der Waals surface area contributed by atoms with Crippen molar-refractivity contribution in [3.63, 3.8) is 0 Å². The second-order valence-corrected chi connectivity index (χ2v) is 6.45. The molecule has 8 heteroatoms. The number of rotatable bonds is 4. The molecule has 13 heavy (non-hydrogen) atoms. The van der Waals surface area contributed by atoms with E-state index in [1.807, 2.05) is 0 Å². The molecule has 0 saturated heterocycles. The summed E-state index contributed by atoms with van der Waals surface area (Å²) in [5, 5.41) is 6.63. The summed E-state index contributed by atoms with van der Waals surface area (Å²) < 4.78 is 21.5. The van der Waals surface area contributed by atoms with Gasteiger partial charge in [0.25, 0.3) is 0 Å². The molecular weight excluding hydrogens is 218 g/mol. The van der Waals surface area contributed by atoms with Gasteiger partial charge in [0.15, 0.2) is 0 Å². The standard InChI is InChI=1S/C5H14O6P2/c1-3-4(2)5(6,12(7)8)13(9,10)11/h4,6,12H,3H2,1-2H3,(H,7,8)(H2,9,10,11). The molecule has 4 N–H and O–H groups in total. The highest BCUT2D eigenvalue weighted by atomic mass is 31.2. The molecule has 0 aromatic rings. The Morgan fingerprint density at radius 2 is 1.92 bits per heavy atom. The van der Waals surface area contributed by atoms with Crippen LogP contribution in [0.1, 0.15) is 20.3 Å². The fourth-order valence-corrected chi connectivity index (χ4v) is 3.29. The molecule has 6 nitrogen and oxygen atoms in total. The summed E-state index contributed by atoms with van der Waals surface area (Å²) in [4.78, 5) is 26.2. The highest BCUT2D eigenvalue weighted by Crippen LogP contribution is 2.63. The Labute approximate surface area is 76.6 Å². The zero-order valence-corrected chi connectivity index (χ0v) is 9.23. The van der Waals surface area contributed by atoms with Crippen LogP contribution in [0, 0.1) is 5.92 Å². The maximum Gasteiger partial charge on any atom is 0.366 e. The minimum atomic E-state index is -4.98. The minimum Gasteiger partial charge on any atom is -0.369 e. The first-order chi connectivity index (χ1) is 5.67. The van der Waals surface area contributed by atoms with E-state index >= 15 is 0 Å². The van der Waals surface area contributed by atoms with Crippen molar-refractivity contribution in [1.29, 1.82) is 0 Å². The second kappa shape index (κ2) is 4.22. The number of aliphatic hydroxyl groups is 1. The normalized spacial score (nSPS) is 22.0. The van der Waals surface area contributed by atoms with Crippen molar-refractivity contribution in [3.05, 3.63) is 0 Å². The van der Waals surface area contributed by atoms with Gasteiger partial charge in [-0.15, -0.1) is 0 Å². The van der Waals surface area contributed by atoms with Crippen molar-refractivity contribution in [3.8, 4) is 0 Å². The van der Waals surface area contributed by atoms with E-state index in [9.17, 15) is 14.2 Å². The van der Waals surface area contributed by atoms with Crippen LogP contribution < -0.4 is 0 Å². The molecule has 0 aromatic carbocycles. The van der Waals surface area contributed by atoms with Crippen molar-refractivity contribution in [2.75, 3.05) is 0 Å². The fourth-order valence-electron chi connectivity index (χ4n) is 0.907. The van der Waals surface area contributed by atoms with Crippen molar-refractivity contribution in [1.82, 2.24) is 0 Å². The van der Waals surface area contributed by atoms with E-state index in [4.69, 9.17) is 14.7 Å². The van der Waals surface area contributed by atoms with Gasteiger partial charge in [-0.05, 0) is 6.42 Å². The highest BCUT2D eigenvalue weighted by Gasteiger charge is 2.53. The minimum absolute atomic E-state index is 0.207. The first-order valence-electron chi connectivity index (χ1n) is 3.69. The van der Waals surface area contributed by atoms with Crippen molar-refractivity contribution < 1.29 is 28.9 Å². The molecule has 3 atom stereocenters. The molecule has 3 unspecified atom stereocenters. The van der Waals surface area contributed by atoms with Crippen LogP contribution in [0.15, 0.2) is 0 Å². The van der Waals surface area contributed by atoms with Gasteiger partial charge >= 0.3 is 7.60 Å². The van der Waals surface area contributed by atoms with E-state index in [1.54, 1.807) is 6.92 Å². The lowest BCUT2D eigenvalue weighted by Gasteiger charge is -2.30. The Kier molecular flexibility index (Phi) is 4.31. The van der Waals surface area contributed by atoms with Crippen molar-refractivity contribution in [2.45, 2.75) is 25.4 Å². The van der Waals surface area contributed by atoms with Crippen LogP contribution in [0.5, 0.6) is 0 Å². The van der Waals surface area contributed by atoms with Crippen LogP contribution in [0.2, 0.25) is 0 Å². The predicted octanol–water partition coefficient (Wildman–Crippen LogP) is 0.323. The van der Waals surface area contributed by atoms with Crippen LogP contribution in [-0.2, 0) is 9.13 Å². The quantitative estimate of drug-likeness (QED) is 0.519. The van der Waals surface area contributed by atoms with E-state index < -0.39 is 26.6 Å². The van der Waals surface area contributed by atoms with E-state index in [0.29, 0.717) is 0 Å². The third kappa shape index (κ3) is 2.40. The molecule has 0 aliphatic carbocycles. The zero-order valence-electron chi connectivity index (χ0n) is 7.34. The molecule has 0 amide bonds. The molecule has 0 rings (SSSR count). The zero-order chi connectivity index (χ0) is 10.9. The Hall–Kier alpha value is 0.300. The summed E-state index contributed by atoms with van der Waals surface area (Å²) >= 11 is 0. The molecule has 0 aliphatic heterocycles. The number of hydrogen-bond acceptors (Lipinski definition) is 3. The molecule has 0 fully saturated rings. The fraction of sp³-hybridized carbons (Fsp3) is 1.00. The monoisotopic (exact) mass is 232 g/mol. The molecule has 0 spiro atoms. The maximum absolute atomic E-state index is 10.8. The molecule has 0 aliphatic rings. The Balaban J connectivity index is 5.20. The summed E-state index contributed by atoms with van der Waals surface area (Å²) in [6.45, 7) is 2.88. The van der Waals surface area contributed by atoms with Gasteiger partial charge in [-0.3, -0.25) is 9.13 Å². The summed E-state index contributed by atoms with van der Waals surface area (Å²) in [6.07, 6.45) is 0.207. The van der Waals surface area contributed by atoms with Crippen LogP contribution in [0.3, 0.4) is 0 Å². The lowest BCUT2D eigenvalue weighted by Crippen LogP contribution is -2.32. The van der Waals surface area contributed by atoms with Crippen LogP contribution in [-0.4, -0.2) is 24.9 Å². The molecule has 0 radical (unpaired) electrons. The largest absolute Gasteiger partial charge is 0.369 e. The van der Waals surface area contributed by atoms with Gasteiger partial charge in [-0.2, -0.15) is 0 Å². The average molecular weight is 232 g/mol. The Bertz CT molecular complexity index is 247. The van der Waals surface area contributed by atoms with Gasteiger partial charge in [0, 0.05) is 5.92 Å². The van der Waals surface area contributed by atoms with E-state index in [2.05, 4.69) is 0 Å². The lowest BCUT2D eigenvalue weighted by molar-refractivity contribution is 0.103. The third-order valence-corrected chi connectivity index (χ3v) is 5.96. The topological polar surface area (TPSA) is 115 Å². The molecular formula is C5H14O6P2. The summed E-state index contributed by atoms with van der Waals surface area (Å²) in [6, 6.07) is 0. The summed E-state index contributed by atoms with van der Waals surface area (Å²) in [7, 11) is -8.68. The SMILES string of the molecule is CCC(C)C(O)([PH](=O)O)P(=O)(O)O. The molecule has 0 saturated carbocycles. The van der Waals surface area contributed by atoms with E-state index in [0.717, 1.165) is 0 Å². The Morgan fingerprint density at radius 3 is 2.00 bits per heavy atom. The summed E-state index contributed by atoms with van der Waals surface area (Å²) in [5.74, 6) is -0.926. The first-order valence-corrected chi connectivity index (χ1v) is 6.66. The van der Waals surface area contributed by atoms with Crippen molar-refractivity contribution >= 4 is 15.6 Å². The van der Waals surface area contributed by atoms with Crippen LogP contribution in [0.25, 0.3) is 0 Å². The summed E-state index contributed by atoms with van der Waals surface area (Å²) in [5.41, 5.74) is 0. The smallest absolute Gasteiger partial charge is 0.366 e. The predicted molar refractivity (Wildman–Crippen MR) is 47.7 cm³/mol. The van der Waals surface area contributed by atoms with Crippen LogP contribution in [0.4, 0.5) is 0 Å². The van der Waals surface area contributed by atoms with Gasteiger partial charge in [0.2, 0.25) is 13.1 Å². The van der Waals surface area contributed by atoms with E-state index in [-0.39, 0.29) is 6.42 Å². The maximum atomic E-state index is 10.8. The van der Waals surface area contributed by atoms with Gasteiger partial charge in [0.05, 0.1) is 0 Å². The average Bonchev–Trinajstić information content (AvgIpc) is 1.98. The van der Waals surface area contributed by atoms with Gasteiger partial charge in [0.1, 0.15) is 0 Å².